The zero-order valence-electron chi connectivity index (χ0n) is 7.63. The number of hydrogen-bond donors (Lipinski definition) is 0. The molecule has 3 heteroatoms. The molecule has 2 rings (SSSR count). The Hall–Kier alpha value is -1.25. The van der Waals surface area contributed by atoms with Crippen LogP contribution in [-0.2, 0) is 0 Å². The highest BCUT2D eigenvalue weighted by molar-refractivity contribution is 5.44. The number of aryl methyl sites for hydroxylation is 1. The number of fused-ring (bicyclic) bond motifs is 1. The Balaban J connectivity index is 2.43. The zero-order chi connectivity index (χ0) is 9.42. The molecule has 0 N–H and O–H groups in total. The Kier molecular flexibility index (Phi) is 1.87. The summed E-state index contributed by atoms with van der Waals surface area (Å²) in [5, 5.41) is 0. The van der Waals surface area contributed by atoms with Gasteiger partial charge < -0.3 is 9.47 Å². The van der Waals surface area contributed by atoms with Crippen LogP contribution in [0.25, 0.3) is 0 Å². The molecule has 0 saturated carbocycles. The van der Waals surface area contributed by atoms with E-state index in [1.807, 2.05) is 6.92 Å². The van der Waals surface area contributed by atoms with Crippen LogP contribution in [-0.4, -0.2) is 12.7 Å². The van der Waals surface area contributed by atoms with E-state index in [2.05, 4.69) is 0 Å². The lowest BCUT2D eigenvalue weighted by Crippen LogP contribution is -2.25. The van der Waals surface area contributed by atoms with Crippen LogP contribution in [0.15, 0.2) is 12.1 Å². The normalized spacial score (nSPS) is 20.1. The van der Waals surface area contributed by atoms with E-state index < -0.39 is 0 Å². The molecule has 1 heterocycles. The van der Waals surface area contributed by atoms with Gasteiger partial charge in [0.15, 0.2) is 11.5 Å². The molecule has 0 fully saturated rings. The topological polar surface area (TPSA) is 18.5 Å². The van der Waals surface area contributed by atoms with Crippen LogP contribution in [0.2, 0.25) is 0 Å². The minimum Gasteiger partial charge on any atom is -0.486 e. The third-order valence-electron chi connectivity index (χ3n) is 2.03. The van der Waals surface area contributed by atoms with Crippen molar-refractivity contribution in [1.29, 1.82) is 0 Å². The highest BCUT2D eigenvalue weighted by Gasteiger charge is 2.18. The molecule has 70 valence electrons. The maximum atomic E-state index is 13.1. The summed E-state index contributed by atoms with van der Waals surface area (Å²) in [4.78, 5) is 0. The van der Waals surface area contributed by atoms with Gasteiger partial charge in [-0.15, -0.1) is 0 Å². The average Bonchev–Trinajstić information content (AvgIpc) is 2.08. The maximum Gasteiger partial charge on any atom is 0.164 e. The Morgan fingerprint density at radius 1 is 1.38 bits per heavy atom. The van der Waals surface area contributed by atoms with Crippen LogP contribution in [0.4, 0.5) is 4.39 Å². The molecule has 1 unspecified atom stereocenters. The molecule has 1 aliphatic heterocycles. The molecule has 13 heavy (non-hydrogen) atoms. The molecule has 0 spiro atoms. The largest absolute Gasteiger partial charge is 0.486 e. The van der Waals surface area contributed by atoms with E-state index in [9.17, 15) is 4.39 Å². The molecule has 1 aromatic rings. The van der Waals surface area contributed by atoms with E-state index in [-0.39, 0.29) is 11.9 Å². The molecule has 0 amide bonds. The van der Waals surface area contributed by atoms with Gasteiger partial charge in [0.1, 0.15) is 18.5 Å². The van der Waals surface area contributed by atoms with E-state index in [1.54, 1.807) is 13.0 Å². The van der Waals surface area contributed by atoms with Crippen LogP contribution in [0.5, 0.6) is 11.5 Å². The molecule has 0 saturated heterocycles. The van der Waals surface area contributed by atoms with E-state index in [4.69, 9.17) is 9.47 Å². The first kappa shape index (κ1) is 8.35. The number of ether oxygens (including phenoxy) is 2. The molecular weight excluding hydrogens is 171 g/mol. The number of benzene rings is 1. The molecule has 0 bridgehead atoms. The van der Waals surface area contributed by atoms with E-state index in [0.717, 1.165) is 0 Å². The zero-order valence-corrected chi connectivity index (χ0v) is 7.63. The summed E-state index contributed by atoms with van der Waals surface area (Å²) in [5.41, 5.74) is 0.580. The first-order chi connectivity index (χ1) is 6.16. The predicted octanol–water partition coefficient (Wildman–Crippen LogP) is 2.29. The summed E-state index contributed by atoms with van der Waals surface area (Å²) in [6.07, 6.45) is 0.0392. The lowest BCUT2D eigenvalue weighted by atomic mass is 10.2. The number of halogens is 1. The number of hydrogen-bond acceptors (Lipinski definition) is 2. The Morgan fingerprint density at radius 3 is 2.92 bits per heavy atom. The van der Waals surface area contributed by atoms with Crippen molar-refractivity contribution in [3.8, 4) is 11.5 Å². The predicted molar refractivity (Wildman–Crippen MR) is 46.7 cm³/mol. The van der Waals surface area contributed by atoms with Crippen molar-refractivity contribution in [3.63, 3.8) is 0 Å². The van der Waals surface area contributed by atoms with Gasteiger partial charge in [0.25, 0.3) is 0 Å². The van der Waals surface area contributed by atoms with Crippen molar-refractivity contribution < 1.29 is 13.9 Å². The monoisotopic (exact) mass is 182 g/mol. The summed E-state index contributed by atoms with van der Waals surface area (Å²) in [5.74, 6) is 0.885. The fourth-order valence-electron chi connectivity index (χ4n) is 1.30. The standard InChI is InChI=1S/C10H11FO2/c1-6-3-10-9(4-8(6)11)12-5-7(2)13-10/h3-4,7H,5H2,1-2H3. The smallest absolute Gasteiger partial charge is 0.164 e. The van der Waals surface area contributed by atoms with Crippen molar-refractivity contribution in [3.05, 3.63) is 23.5 Å². The molecule has 0 radical (unpaired) electrons. The first-order valence-corrected chi connectivity index (χ1v) is 4.26. The average molecular weight is 182 g/mol. The first-order valence-electron chi connectivity index (χ1n) is 4.26. The minimum absolute atomic E-state index is 0.0392. The molecule has 1 atom stereocenters. The Morgan fingerprint density at radius 2 is 2.15 bits per heavy atom. The third-order valence-corrected chi connectivity index (χ3v) is 2.03. The van der Waals surface area contributed by atoms with Crippen molar-refractivity contribution in [2.24, 2.45) is 0 Å². The minimum atomic E-state index is -0.253. The summed E-state index contributed by atoms with van der Waals surface area (Å²) in [7, 11) is 0. The lowest BCUT2D eigenvalue weighted by molar-refractivity contribution is 0.103. The second-order valence-corrected chi connectivity index (χ2v) is 3.29. The van der Waals surface area contributed by atoms with E-state index in [0.29, 0.717) is 23.7 Å². The van der Waals surface area contributed by atoms with Crippen LogP contribution in [0, 0.1) is 12.7 Å². The van der Waals surface area contributed by atoms with Crippen molar-refractivity contribution in [2.45, 2.75) is 20.0 Å². The second-order valence-electron chi connectivity index (χ2n) is 3.29. The van der Waals surface area contributed by atoms with Crippen LogP contribution < -0.4 is 9.47 Å². The molecule has 2 nitrogen and oxygen atoms in total. The summed E-state index contributed by atoms with van der Waals surface area (Å²) in [6.45, 7) is 4.11. The van der Waals surface area contributed by atoms with Crippen LogP contribution >= 0.6 is 0 Å². The molecular formula is C10H11FO2. The summed E-state index contributed by atoms with van der Waals surface area (Å²) in [6, 6.07) is 3.04. The van der Waals surface area contributed by atoms with Gasteiger partial charge >= 0.3 is 0 Å². The van der Waals surface area contributed by atoms with Gasteiger partial charge in [0, 0.05) is 6.07 Å². The molecule has 0 aromatic heterocycles. The maximum absolute atomic E-state index is 13.1. The van der Waals surface area contributed by atoms with Gasteiger partial charge in [-0.25, -0.2) is 4.39 Å². The highest BCUT2D eigenvalue weighted by atomic mass is 19.1. The van der Waals surface area contributed by atoms with Crippen LogP contribution in [0.3, 0.4) is 0 Å². The van der Waals surface area contributed by atoms with Crippen LogP contribution in [0.1, 0.15) is 12.5 Å². The Bertz CT molecular complexity index is 336. The molecule has 0 aliphatic carbocycles. The third kappa shape index (κ3) is 1.46. The fourth-order valence-corrected chi connectivity index (χ4v) is 1.30. The highest BCUT2D eigenvalue weighted by Crippen LogP contribution is 2.33. The second kappa shape index (κ2) is 2.91. The van der Waals surface area contributed by atoms with Gasteiger partial charge in [0.2, 0.25) is 0 Å². The quantitative estimate of drug-likeness (QED) is 0.613. The van der Waals surface area contributed by atoms with Gasteiger partial charge in [-0.2, -0.15) is 0 Å². The number of rotatable bonds is 0. The van der Waals surface area contributed by atoms with Gasteiger partial charge in [-0.1, -0.05) is 0 Å². The van der Waals surface area contributed by atoms with E-state index >= 15 is 0 Å². The van der Waals surface area contributed by atoms with Crippen molar-refractivity contribution in [1.82, 2.24) is 0 Å². The van der Waals surface area contributed by atoms with Gasteiger partial charge in [-0.05, 0) is 25.5 Å². The SMILES string of the molecule is Cc1cc2c(cc1F)OCC(C)O2. The van der Waals surface area contributed by atoms with E-state index in [1.165, 1.54) is 6.07 Å². The fraction of sp³-hybridized carbons (Fsp3) is 0.400. The molecule has 1 aromatic carbocycles. The lowest BCUT2D eigenvalue weighted by Gasteiger charge is -2.24. The van der Waals surface area contributed by atoms with Crippen molar-refractivity contribution in [2.75, 3.05) is 6.61 Å². The molecule has 1 aliphatic rings. The summed E-state index contributed by atoms with van der Waals surface area (Å²) >= 11 is 0. The van der Waals surface area contributed by atoms with Crippen molar-refractivity contribution >= 4 is 0 Å². The Labute approximate surface area is 76.3 Å². The summed E-state index contributed by atoms with van der Waals surface area (Å²) < 4.78 is 23.9. The van der Waals surface area contributed by atoms with Gasteiger partial charge in [-0.3, -0.25) is 0 Å². The van der Waals surface area contributed by atoms with Gasteiger partial charge in [0.05, 0.1) is 0 Å².